The summed E-state index contributed by atoms with van der Waals surface area (Å²) < 4.78 is 5.32. The molecule has 1 fully saturated rings. The molecule has 2 N–H and O–H groups in total. The quantitative estimate of drug-likeness (QED) is 0.846. The maximum atomic E-state index is 10.9. The van der Waals surface area contributed by atoms with Crippen LogP contribution in [0.2, 0.25) is 0 Å². The van der Waals surface area contributed by atoms with Crippen LogP contribution in [0.15, 0.2) is 24.3 Å². The maximum Gasteiger partial charge on any atom is 0.352 e. The minimum Gasteiger partial charge on any atom is -0.477 e. The van der Waals surface area contributed by atoms with Gasteiger partial charge in [0, 0.05) is 29.7 Å². The first-order chi connectivity index (χ1) is 8.74. The van der Waals surface area contributed by atoms with Crippen molar-refractivity contribution in [2.75, 3.05) is 31.2 Å². The van der Waals surface area contributed by atoms with Gasteiger partial charge in [-0.15, -0.1) is 0 Å². The average molecular weight is 246 g/mol. The molecule has 5 heteroatoms. The molecule has 1 saturated heterocycles. The fourth-order valence-electron chi connectivity index (χ4n) is 2.25. The molecule has 5 nitrogen and oxygen atoms in total. The Bertz CT molecular complexity index is 585. The summed E-state index contributed by atoms with van der Waals surface area (Å²) in [4.78, 5) is 16.0. The van der Waals surface area contributed by atoms with Crippen LogP contribution in [0.5, 0.6) is 0 Å². The maximum absolute atomic E-state index is 10.9. The van der Waals surface area contributed by atoms with Gasteiger partial charge in [-0.2, -0.15) is 0 Å². The summed E-state index contributed by atoms with van der Waals surface area (Å²) in [6, 6.07) is 7.62. The summed E-state index contributed by atoms with van der Waals surface area (Å²) in [5.74, 6) is -0.931. The van der Waals surface area contributed by atoms with E-state index in [4.69, 9.17) is 9.84 Å². The molecule has 0 atom stereocenters. The van der Waals surface area contributed by atoms with Crippen LogP contribution in [0.4, 0.5) is 5.69 Å². The van der Waals surface area contributed by atoms with Crippen molar-refractivity contribution in [2.45, 2.75) is 0 Å². The monoisotopic (exact) mass is 246 g/mol. The lowest BCUT2D eigenvalue weighted by molar-refractivity contribution is 0.0691. The molecular weight excluding hydrogens is 232 g/mol. The third-order valence-electron chi connectivity index (χ3n) is 3.21. The van der Waals surface area contributed by atoms with Crippen LogP contribution in [0, 0.1) is 0 Å². The molecular formula is C13H14N2O3. The molecule has 1 aromatic carbocycles. The number of carboxylic acids is 1. The van der Waals surface area contributed by atoms with E-state index in [9.17, 15) is 4.79 Å². The molecule has 0 spiro atoms. The third-order valence-corrected chi connectivity index (χ3v) is 3.21. The Morgan fingerprint density at radius 1 is 1.28 bits per heavy atom. The van der Waals surface area contributed by atoms with Gasteiger partial charge in [0.25, 0.3) is 0 Å². The Balaban J connectivity index is 1.96. The number of ether oxygens (including phenoxy) is 1. The third kappa shape index (κ3) is 1.93. The predicted molar refractivity (Wildman–Crippen MR) is 68.3 cm³/mol. The number of carboxylic acid groups (broad SMARTS) is 1. The molecule has 0 radical (unpaired) electrons. The van der Waals surface area contributed by atoms with E-state index >= 15 is 0 Å². The molecule has 2 aromatic rings. The first-order valence-electron chi connectivity index (χ1n) is 5.93. The van der Waals surface area contributed by atoms with Gasteiger partial charge in [-0.05, 0) is 24.3 Å². The molecule has 0 saturated carbocycles. The number of morpholine rings is 1. The summed E-state index contributed by atoms with van der Waals surface area (Å²) in [5.41, 5.74) is 2.19. The number of carbonyl (C=O) groups is 1. The second-order valence-electron chi connectivity index (χ2n) is 4.36. The summed E-state index contributed by atoms with van der Waals surface area (Å²) in [7, 11) is 0. The normalized spacial score (nSPS) is 16.1. The van der Waals surface area contributed by atoms with E-state index in [0.29, 0.717) is 0 Å². The van der Waals surface area contributed by atoms with E-state index in [-0.39, 0.29) is 5.69 Å². The Labute approximate surface area is 104 Å². The number of hydrogen-bond acceptors (Lipinski definition) is 3. The van der Waals surface area contributed by atoms with E-state index in [2.05, 4.69) is 9.88 Å². The number of nitrogens with one attached hydrogen (secondary N) is 1. The van der Waals surface area contributed by atoms with Crippen molar-refractivity contribution in [3.8, 4) is 0 Å². The summed E-state index contributed by atoms with van der Waals surface area (Å²) in [6.07, 6.45) is 0. The highest BCUT2D eigenvalue weighted by atomic mass is 16.5. The van der Waals surface area contributed by atoms with Crippen molar-refractivity contribution in [2.24, 2.45) is 0 Å². The summed E-state index contributed by atoms with van der Waals surface area (Å²) in [5, 5.41) is 9.87. The lowest BCUT2D eigenvalue weighted by Gasteiger charge is -2.28. The number of anilines is 1. The van der Waals surface area contributed by atoms with Crippen LogP contribution in [0.1, 0.15) is 10.5 Å². The molecule has 2 heterocycles. The minimum absolute atomic E-state index is 0.226. The largest absolute Gasteiger partial charge is 0.477 e. The standard InChI is InChI=1S/C13H14N2O3/c16-13(17)12-8-9-7-10(1-2-11(9)14-12)15-3-5-18-6-4-15/h1-2,7-8,14H,3-6H2,(H,16,17). The molecule has 3 rings (SSSR count). The number of H-pyrrole nitrogens is 1. The van der Waals surface area contributed by atoms with Crippen molar-refractivity contribution in [1.82, 2.24) is 4.98 Å². The topological polar surface area (TPSA) is 65.6 Å². The molecule has 0 bridgehead atoms. The predicted octanol–water partition coefficient (Wildman–Crippen LogP) is 1.70. The fraction of sp³-hybridized carbons (Fsp3) is 0.308. The molecule has 0 unspecified atom stereocenters. The Hall–Kier alpha value is -2.01. The number of rotatable bonds is 2. The van der Waals surface area contributed by atoms with Gasteiger partial charge in [-0.25, -0.2) is 4.79 Å². The second-order valence-corrected chi connectivity index (χ2v) is 4.36. The van der Waals surface area contributed by atoms with Crippen molar-refractivity contribution >= 4 is 22.6 Å². The number of fused-ring (bicyclic) bond motifs is 1. The van der Waals surface area contributed by atoms with Gasteiger partial charge in [0.15, 0.2) is 0 Å². The van der Waals surface area contributed by atoms with Gasteiger partial charge in [0.1, 0.15) is 5.69 Å². The number of hydrogen-bond donors (Lipinski definition) is 2. The lowest BCUT2D eigenvalue weighted by atomic mass is 10.2. The van der Waals surface area contributed by atoms with E-state index in [1.165, 1.54) is 0 Å². The number of aromatic carboxylic acids is 1. The van der Waals surface area contributed by atoms with Crippen LogP contribution in [0.3, 0.4) is 0 Å². The van der Waals surface area contributed by atoms with Crippen molar-refractivity contribution in [3.63, 3.8) is 0 Å². The Kier molecular flexibility index (Phi) is 2.68. The van der Waals surface area contributed by atoms with Crippen molar-refractivity contribution < 1.29 is 14.6 Å². The van der Waals surface area contributed by atoms with Crippen LogP contribution in [-0.2, 0) is 4.74 Å². The van der Waals surface area contributed by atoms with Crippen LogP contribution < -0.4 is 4.90 Å². The summed E-state index contributed by atoms with van der Waals surface area (Å²) in [6.45, 7) is 3.24. The lowest BCUT2D eigenvalue weighted by Crippen LogP contribution is -2.36. The zero-order chi connectivity index (χ0) is 12.5. The molecule has 18 heavy (non-hydrogen) atoms. The van der Waals surface area contributed by atoms with Crippen LogP contribution in [-0.4, -0.2) is 42.4 Å². The van der Waals surface area contributed by atoms with Gasteiger partial charge in [-0.1, -0.05) is 0 Å². The molecule has 0 aliphatic carbocycles. The Morgan fingerprint density at radius 3 is 2.78 bits per heavy atom. The van der Waals surface area contributed by atoms with Gasteiger partial charge < -0.3 is 19.7 Å². The minimum atomic E-state index is -0.931. The number of benzene rings is 1. The molecule has 1 aliphatic heterocycles. The van der Waals surface area contributed by atoms with E-state index in [1.807, 2.05) is 18.2 Å². The number of aromatic nitrogens is 1. The highest BCUT2D eigenvalue weighted by molar-refractivity contribution is 5.94. The zero-order valence-corrected chi connectivity index (χ0v) is 9.85. The highest BCUT2D eigenvalue weighted by Crippen LogP contribution is 2.23. The highest BCUT2D eigenvalue weighted by Gasteiger charge is 2.13. The number of nitrogens with zero attached hydrogens (tertiary/aromatic N) is 1. The van der Waals surface area contributed by atoms with Crippen molar-refractivity contribution in [3.05, 3.63) is 30.0 Å². The second kappa shape index (κ2) is 4.34. The van der Waals surface area contributed by atoms with Gasteiger partial charge in [-0.3, -0.25) is 0 Å². The van der Waals surface area contributed by atoms with Gasteiger partial charge >= 0.3 is 5.97 Å². The van der Waals surface area contributed by atoms with Gasteiger partial charge in [0.05, 0.1) is 13.2 Å². The zero-order valence-electron chi connectivity index (χ0n) is 9.85. The van der Waals surface area contributed by atoms with Gasteiger partial charge in [0.2, 0.25) is 0 Å². The number of aromatic amines is 1. The van der Waals surface area contributed by atoms with E-state index in [0.717, 1.165) is 42.9 Å². The average Bonchev–Trinajstić information content (AvgIpc) is 2.82. The molecule has 94 valence electrons. The first kappa shape index (κ1) is 11.1. The molecule has 1 aliphatic rings. The SMILES string of the molecule is O=C(O)c1cc2cc(N3CCOCC3)ccc2[nH]1. The molecule has 1 aromatic heterocycles. The molecule has 0 amide bonds. The summed E-state index contributed by atoms with van der Waals surface area (Å²) >= 11 is 0. The fourth-order valence-corrected chi connectivity index (χ4v) is 2.25. The van der Waals surface area contributed by atoms with Crippen LogP contribution >= 0.6 is 0 Å². The smallest absolute Gasteiger partial charge is 0.352 e. The van der Waals surface area contributed by atoms with E-state index < -0.39 is 5.97 Å². The first-order valence-corrected chi connectivity index (χ1v) is 5.93. The van der Waals surface area contributed by atoms with Crippen molar-refractivity contribution in [1.29, 1.82) is 0 Å². The van der Waals surface area contributed by atoms with E-state index in [1.54, 1.807) is 6.07 Å². The van der Waals surface area contributed by atoms with Crippen LogP contribution in [0.25, 0.3) is 10.9 Å². The Morgan fingerprint density at radius 2 is 2.06 bits per heavy atom.